The van der Waals surface area contributed by atoms with Gasteiger partial charge in [-0.15, -0.1) is 0 Å². The number of nitrogens with zero attached hydrogens (tertiary/aromatic N) is 5. The van der Waals surface area contributed by atoms with Gasteiger partial charge in [-0.25, -0.2) is 39.0 Å². The first-order valence-corrected chi connectivity index (χ1v) is 13.3. The lowest BCUT2D eigenvalue weighted by molar-refractivity contribution is -0.415. The molecule has 15 heteroatoms. The summed E-state index contributed by atoms with van der Waals surface area (Å²) in [6, 6.07) is 7.64. The first-order chi connectivity index (χ1) is 19.8. The Hall–Kier alpha value is -4.89. The smallest absolute Gasteiger partial charge is 0.397 e. The number of carbonyl (C=O) groups is 4. The van der Waals surface area contributed by atoms with E-state index >= 15 is 0 Å². The SMILES string of the molecule is Cc1cnc(N2CCN(CCNc3nc4ccccc4s3)C3(OC(=O)C=CC(=O)O3)C23OC(=O)C=CC(=O)O3)nc1. The number of thiazole rings is 1. The molecule has 0 amide bonds. The van der Waals surface area contributed by atoms with E-state index in [1.54, 1.807) is 6.92 Å². The number of hydrogen-bond donors (Lipinski definition) is 1. The maximum atomic E-state index is 12.9. The van der Waals surface area contributed by atoms with Crippen molar-refractivity contribution in [2.45, 2.75) is 18.7 Å². The molecule has 1 fully saturated rings. The van der Waals surface area contributed by atoms with Crippen LogP contribution in [0.15, 0.2) is 61.0 Å². The third-order valence-electron chi connectivity index (χ3n) is 6.39. The van der Waals surface area contributed by atoms with Gasteiger partial charge in [-0.05, 0) is 24.6 Å². The largest absolute Gasteiger partial charge is 0.445 e. The Morgan fingerprint density at radius 2 is 1.44 bits per heavy atom. The van der Waals surface area contributed by atoms with Crippen molar-refractivity contribution in [2.75, 3.05) is 36.4 Å². The highest BCUT2D eigenvalue weighted by molar-refractivity contribution is 7.22. The van der Waals surface area contributed by atoms with E-state index in [2.05, 4.69) is 20.3 Å². The number of nitrogens with one attached hydrogen (secondary N) is 1. The minimum Gasteiger partial charge on any atom is -0.397 e. The molecule has 0 saturated carbocycles. The van der Waals surface area contributed by atoms with E-state index < -0.39 is 35.7 Å². The third kappa shape index (κ3) is 4.74. The van der Waals surface area contributed by atoms with Gasteiger partial charge in [0.2, 0.25) is 5.95 Å². The van der Waals surface area contributed by atoms with E-state index in [-0.39, 0.29) is 32.1 Å². The average Bonchev–Trinajstić information content (AvgIpc) is 3.21. The number of aromatic nitrogens is 3. The zero-order valence-electron chi connectivity index (χ0n) is 21.5. The molecule has 5 heterocycles. The van der Waals surface area contributed by atoms with Gasteiger partial charge in [0.25, 0.3) is 0 Å². The van der Waals surface area contributed by atoms with Crippen LogP contribution in [0.2, 0.25) is 0 Å². The van der Waals surface area contributed by atoms with E-state index in [1.807, 2.05) is 24.3 Å². The summed E-state index contributed by atoms with van der Waals surface area (Å²) in [4.78, 5) is 67.2. The molecule has 0 atom stereocenters. The monoisotopic (exact) mass is 578 g/mol. The molecule has 3 aliphatic heterocycles. The molecule has 1 saturated heterocycles. The van der Waals surface area contributed by atoms with Gasteiger partial charge in [-0.1, -0.05) is 23.5 Å². The lowest BCUT2D eigenvalue weighted by Gasteiger charge is -2.55. The van der Waals surface area contributed by atoms with Crippen molar-refractivity contribution in [1.29, 1.82) is 0 Å². The minimum atomic E-state index is -2.66. The Morgan fingerprint density at radius 1 is 0.854 bits per heavy atom. The molecular formula is C26H22N6O8S. The van der Waals surface area contributed by atoms with Gasteiger partial charge in [0.05, 0.1) is 10.2 Å². The molecule has 0 radical (unpaired) electrons. The van der Waals surface area contributed by atoms with Crippen LogP contribution in [0.4, 0.5) is 11.1 Å². The Morgan fingerprint density at radius 3 is 2.05 bits per heavy atom. The highest BCUT2D eigenvalue weighted by atomic mass is 32.1. The van der Waals surface area contributed by atoms with E-state index in [9.17, 15) is 19.2 Å². The molecule has 2 spiro atoms. The van der Waals surface area contributed by atoms with Crippen molar-refractivity contribution >= 4 is 56.5 Å². The highest BCUT2D eigenvalue weighted by Crippen LogP contribution is 2.45. The number of esters is 4. The third-order valence-corrected chi connectivity index (χ3v) is 7.39. The quantitative estimate of drug-likeness (QED) is 0.430. The maximum Gasteiger partial charge on any atom is 0.445 e. The second kappa shape index (κ2) is 10.3. The second-order valence-corrected chi connectivity index (χ2v) is 10.2. The van der Waals surface area contributed by atoms with Crippen molar-refractivity contribution in [1.82, 2.24) is 19.9 Å². The van der Waals surface area contributed by atoms with Gasteiger partial charge in [0.1, 0.15) is 0 Å². The summed E-state index contributed by atoms with van der Waals surface area (Å²) in [6.45, 7) is 2.14. The van der Waals surface area contributed by atoms with Gasteiger partial charge in [-0.2, -0.15) is 0 Å². The highest BCUT2D eigenvalue weighted by Gasteiger charge is 2.75. The lowest BCUT2D eigenvalue weighted by atomic mass is 10.1. The predicted octanol–water partition coefficient (Wildman–Crippen LogP) is 1.25. The topological polar surface area (TPSA) is 162 Å². The first kappa shape index (κ1) is 26.3. The fraction of sp³-hybridized carbons (Fsp3) is 0.269. The van der Waals surface area contributed by atoms with Crippen LogP contribution in [0.25, 0.3) is 10.2 Å². The normalized spacial score (nSPS) is 19.9. The Balaban J connectivity index is 1.41. The number of carbonyl (C=O) groups excluding carboxylic acids is 4. The van der Waals surface area contributed by atoms with E-state index in [1.165, 1.54) is 33.5 Å². The number of hydrogen-bond acceptors (Lipinski definition) is 15. The number of fused-ring (bicyclic) bond motifs is 2. The van der Waals surface area contributed by atoms with Crippen LogP contribution in [-0.2, 0) is 38.1 Å². The summed E-state index contributed by atoms with van der Waals surface area (Å²) in [5.74, 6) is -9.34. The number of anilines is 2. The second-order valence-electron chi connectivity index (χ2n) is 9.13. The van der Waals surface area contributed by atoms with Crippen molar-refractivity contribution in [3.8, 4) is 0 Å². The molecule has 210 valence electrons. The molecule has 3 aliphatic rings. The predicted molar refractivity (Wildman–Crippen MR) is 142 cm³/mol. The summed E-state index contributed by atoms with van der Waals surface area (Å²) in [6.07, 6.45) is 6.44. The summed E-state index contributed by atoms with van der Waals surface area (Å²) < 4.78 is 23.9. The van der Waals surface area contributed by atoms with Gasteiger partial charge in [-0.3, -0.25) is 4.90 Å². The number of piperazine rings is 1. The van der Waals surface area contributed by atoms with Crippen molar-refractivity contribution in [2.24, 2.45) is 0 Å². The molecule has 41 heavy (non-hydrogen) atoms. The fourth-order valence-corrected chi connectivity index (χ4v) is 5.53. The number of rotatable bonds is 5. The molecule has 0 unspecified atom stereocenters. The number of ether oxygens (including phenoxy) is 4. The maximum absolute atomic E-state index is 12.9. The van der Waals surface area contributed by atoms with Crippen LogP contribution in [0.1, 0.15) is 5.56 Å². The van der Waals surface area contributed by atoms with Crippen LogP contribution < -0.4 is 10.2 Å². The van der Waals surface area contributed by atoms with E-state index in [0.29, 0.717) is 5.13 Å². The summed E-state index contributed by atoms with van der Waals surface area (Å²) in [5.41, 5.74) is 1.55. The number of para-hydroxylation sites is 1. The van der Waals surface area contributed by atoms with Crippen LogP contribution in [-0.4, -0.2) is 81.7 Å². The zero-order valence-corrected chi connectivity index (χ0v) is 22.3. The Kier molecular flexibility index (Phi) is 6.59. The fourth-order valence-electron chi connectivity index (χ4n) is 4.64. The molecule has 1 aromatic carbocycles. The van der Waals surface area contributed by atoms with Crippen molar-refractivity contribution in [3.63, 3.8) is 0 Å². The van der Waals surface area contributed by atoms with Crippen LogP contribution in [0.5, 0.6) is 0 Å². The average molecular weight is 579 g/mol. The molecule has 1 N–H and O–H groups in total. The molecule has 6 rings (SSSR count). The van der Waals surface area contributed by atoms with Gasteiger partial charge < -0.3 is 24.3 Å². The molecule has 0 aliphatic carbocycles. The lowest BCUT2D eigenvalue weighted by Crippen LogP contribution is -2.81. The Labute approximate surface area is 236 Å². The summed E-state index contributed by atoms with van der Waals surface area (Å²) in [5, 5.41) is 3.85. The van der Waals surface area contributed by atoms with Crippen LogP contribution in [0.3, 0.4) is 0 Å². The van der Waals surface area contributed by atoms with Gasteiger partial charge in [0.15, 0.2) is 5.13 Å². The Bertz CT molecular complexity index is 1530. The zero-order chi connectivity index (χ0) is 28.6. The van der Waals surface area contributed by atoms with Crippen molar-refractivity contribution < 1.29 is 38.1 Å². The summed E-state index contributed by atoms with van der Waals surface area (Å²) in [7, 11) is 0. The standard InChI is InChI=1S/C26H22N6O8S/c1-16-14-28-23(29-15-16)32-13-12-31(11-10-27-24-30-17-4-2-3-5-18(17)41-24)25(37-19(33)6-7-20(34)38-25)26(32)39-21(35)8-9-22(36)40-26/h2-9,14-15H,10-13H2,1H3,(H,27,30). The van der Waals surface area contributed by atoms with Crippen molar-refractivity contribution in [3.05, 3.63) is 66.5 Å². The first-order valence-electron chi connectivity index (χ1n) is 12.5. The van der Waals surface area contributed by atoms with Gasteiger partial charge >= 0.3 is 35.7 Å². The molecule has 2 aromatic heterocycles. The van der Waals surface area contributed by atoms with Gasteiger partial charge in [0, 0.05) is 62.9 Å². The van der Waals surface area contributed by atoms with Crippen LogP contribution >= 0.6 is 11.3 Å². The number of aryl methyl sites for hydroxylation is 1. The minimum absolute atomic E-state index is 0.00897. The van der Waals surface area contributed by atoms with E-state index in [4.69, 9.17) is 18.9 Å². The summed E-state index contributed by atoms with van der Waals surface area (Å²) >= 11 is 1.45. The van der Waals surface area contributed by atoms with E-state index in [0.717, 1.165) is 40.1 Å². The molecular weight excluding hydrogens is 556 g/mol. The molecule has 0 bridgehead atoms. The number of benzene rings is 1. The molecule has 14 nitrogen and oxygen atoms in total. The molecule has 3 aromatic rings. The van der Waals surface area contributed by atoms with Crippen LogP contribution in [0, 0.1) is 6.92 Å².